The first kappa shape index (κ1) is 24.9. The zero-order valence-corrected chi connectivity index (χ0v) is 21.1. The van der Waals surface area contributed by atoms with E-state index in [2.05, 4.69) is 48.5 Å². The standard InChI is InChI=1S/C32H36O3/c1-32(2,3)31(34)35-28-20-18-27(19-21-28)30(26-16-14-24(15-17-26)23-11-7-12-23)29(13-8-22-33)25-9-5-4-6-10-25/h4-6,9-10,14-21,23,33H,7-8,11-13,22H2,1-3H3/b30-29+. The van der Waals surface area contributed by atoms with Gasteiger partial charge in [0, 0.05) is 6.61 Å². The summed E-state index contributed by atoms with van der Waals surface area (Å²) in [6.07, 6.45) is 5.34. The molecule has 0 heterocycles. The van der Waals surface area contributed by atoms with Crippen molar-refractivity contribution in [2.45, 2.75) is 58.8 Å². The zero-order valence-electron chi connectivity index (χ0n) is 21.1. The van der Waals surface area contributed by atoms with Crippen LogP contribution in [0.2, 0.25) is 0 Å². The predicted molar refractivity (Wildman–Crippen MR) is 143 cm³/mol. The molecule has 35 heavy (non-hydrogen) atoms. The molecule has 1 aliphatic rings. The van der Waals surface area contributed by atoms with Crippen molar-refractivity contribution in [3.05, 3.63) is 101 Å². The Morgan fingerprint density at radius 2 is 1.46 bits per heavy atom. The van der Waals surface area contributed by atoms with Gasteiger partial charge in [-0.25, -0.2) is 0 Å². The molecule has 0 aromatic heterocycles. The van der Waals surface area contributed by atoms with E-state index < -0.39 is 5.41 Å². The van der Waals surface area contributed by atoms with E-state index in [-0.39, 0.29) is 12.6 Å². The number of carbonyl (C=O) groups is 1. The van der Waals surface area contributed by atoms with Gasteiger partial charge in [0.25, 0.3) is 0 Å². The summed E-state index contributed by atoms with van der Waals surface area (Å²) >= 11 is 0. The molecule has 1 N–H and O–H groups in total. The molecule has 0 saturated heterocycles. The number of ether oxygens (including phenoxy) is 1. The van der Waals surface area contributed by atoms with Gasteiger partial charge in [0.1, 0.15) is 5.75 Å². The maximum absolute atomic E-state index is 12.3. The van der Waals surface area contributed by atoms with Crippen LogP contribution in [0.1, 0.15) is 81.0 Å². The van der Waals surface area contributed by atoms with E-state index in [9.17, 15) is 9.90 Å². The molecule has 3 nitrogen and oxygen atoms in total. The molecule has 3 aromatic carbocycles. The average molecular weight is 469 g/mol. The summed E-state index contributed by atoms with van der Waals surface area (Å²) in [7, 11) is 0. The molecule has 182 valence electrons. The zero-order chi connectivity index (χ0) is 24.8. The van der Waals surface area contributed by atoms with Gasteiger partial charge in [0.05, 0.1) is 5.41 Å². The van der Waals surface area contributed by atoms with E-state index in [1.807, 2.05) is 51.1 Å². The largest absolute Gasteiger partial charge is 0.426 e. The first-order valence-corrected chi connectivity index (χ1v) is 12.7. The molecule has 0 atom stereocenters. The van der Waals surface area contributed by atoms with Gasteiger partial charge in [-0.1, -0.05) is 73.2 Å². The molecule has 0 bridgehead atoms. The van der Waals surface area contributed by atoms with Gasteiger partial charge in [0.2, 0.25) is 0 Å². The van der Waals surface area contributed by atoms with Crippen LogP contribution in [-0.4, -0.2) is 17.7 Å². The van der Waals surface area contributed by atoms with E-state index in [4.69, 9.17) is 4.74 Å². The SMILES string of the molecule is CC(C)(C)C(=O)Oc1ccc(/C(=C(\CCCO)c2ccccc2)c2ccc(C3CCC3)cc2)cc1. The van der Waals surface area contributed by atoms with Gasteiger partial charge in [-0.05, 0) is 97.9 Å². The summed E-state index contributed by atoms with van der Waals surface area (Å²) in [6, 6.07) is 27.2. The van der Waals surface area contributed by atoms with E-state index in [0.717, 1.165) is 28.7 Å². The molecule has 1 saturated carbocycles. The lowest BCUT2D eigenvalue weighted by Gasteiger charge is -2.26. The second-order valence-electron chi connectivity index (χ2n) is 10.5. The topological polar surface area (TPSA) is 46.5 Å². The Hall–Kier alpha value is -3.17. The van der Waals surface area contributed by atoms with Crippen molar-refractivity contribution in [1.29, 1.82) is 0 Å². The number of aliphatic hydroxyl groups excluding tert-OH is 1. The van der Waals surface area contributed by atoms with Gasteiger partial charge in [-0.3, -0.25) is 4.79 Å². The van der Waals surface area contributed by atoms with Crippen LogP contribution in [0, 0.1) is 5.41 Å². The average Bonchev–Trinajstić information content (AvgIpc) is 2.82. The molecular weight excluding hydrogens is 432 g/mol. The van der Waals surface area contributed by atoms with Gasteiger partial charge in [-0.15, -0.1) is 0 Å². The highest BCUT2D eigenvalue weighted by Gasteiger charge is 2.24. The van der Waals surface area contributed by atoms with Crippen molar-refractivity contribution in [1.82, 2.24) is 0 Å². The van der Waals surface area contributed by atoms with Crippen molar-refractivity contribution >= 4 is 17.1 Å². The summed E-state index contributed by atoms with van der Waals surface area (Å²) in [5, 5.41) is 9.63. The smallest absolute Gasteiger partial charge is 0.316 e. The molecule has 0 aliphatic heterocycles. The summed E-state index contributed by atoms with van der Waals surface area (Å²) in [4.78, 5) is 12.3. The molecule has 0 amide bonds. The highest BCUT2D eigenvalue weighted by atomic mass is 16.5. The number of esters is 1. The molecule has 0 radical (unpaired) electrons. The molecule has 1 fully saturated rings. The van der Waals surface area contributed by atoms with Crippen LogP contribution in [-0.2, 0) is 4.79 Å². The van der Waals surface area contributed by atoms with Gasteiger partial charge in [-0.2, -0.15) is 0 Å². The highest BCUT2D eigenvalue weighted by Crippen LogP contribution is 2.39. The van der Waals surface area contributed by atoms with E-state index >= 15 is 0 Å². The second kappa shape index (κ2) is 11.0. The first-order valence-electron chi connectivity index (χ1n) is 12.7. The van der Waals surface area contributed by atoms with Gasteiger partial charge in [0.15, 0.2) is 0 Å². The molecule has 3 aromatic rings. The van der Waals surface area contributed by atoms with E-state index in [1.54, 1.807) is 0 Å². The Kier molecular flexibility index (Phi) is 7.87. The summed E-state index contributed by atoms with van der Waals surface area (Å²) in [6.45, 7) is 5.70. The van der Waals surface area contributed by atoms with Crippen molar-refractivity contribution in [2.75, 3.05) is 6.61 Å². The van der Waals surface area contributed by atoms with Gasteiger partial charge < -0.3 is 9.84 Å². The Labute approximate surface area is 209 Å². The second-order valence-corrected chi connectivity index (χ2v) is 10.5. The summed E-state index contributed by atoms with van der Waals surface area (Å²) in [5.74, 6) is 0.988. The molecule has 1 aliphatic carbocycles. The van der Waals surface area contributed by atoms with Crippen molar-refractivity contribution in [2.24, 2.45) is 5.41 Å². The maximum Gasteiger partial charge on any atom is 0.316 e. The maximum atomic E-state index is 12.3. The monoisotopic (exact) mass is 468 g/mol. The number of rotatable bonds is 8. The number of carbonyl (C=O) groups excluding carboxylic acids is 1. The van der Waals surface area contributed by atoms with Crippen LogP contribution in [0.3, 0.4) is 0 Å². The molecular formula is C32H36O3. The fraction of sp³-hybridized carbons (Fsp3) is 0.344. The normalized spacial score (nSPS) is 14.7. The van der Waals surface area contributed by atoms with Crippen LogP contribution < -0.4 is 4.74 Å². The third-order valence-corrected chi connectivity index (χ3v) is 6.75. The molecule has 0 spiro atoms. The Morgan fingerprint density at radius 1 is 0.857 bits per heavy atom. The third kappa shape index (κ3) is 6.10. The number of aliphatic hydroxyl groups is 1. The number of allylic oxidation sites excluding steroid dienone is 1. The Balaban J connectivity index is 1.77. The van der Waals surface area contributed by atoms with Crippen molar-refractivity contribution in [3.8, 4) is 5.75 Å². The fourth-order valence-electron chi connectivity index (χ4n) is 4.44. The lowest BCUT2D eigenvalue weighted by molar-refractivity contribution is -0.142. The predicted octanol–water partition coefficient (Wildman–Crippen LogP) is 7.64. The highest BCUT2D eigenvalue weighted by molar-refractivity contribution is 5.98. The van der Waals surface area contributed by atoms with Crippen LogP contribution in [0.15, 0.2) is 78.9 Å². The van der Waals surface area contributed by atoms with Crippen molar-refractivity contribution in [3.63, 3.8) is 0 Å². The van der Waals surface area contributed by atoms with Crippen LogP contribution >= 0.6 is 0 Å². The lowest BCUT2D eigenvalue weighted by atomic mass is 9.79. The molecule has 3 heteroatoms. The third-order valence-electron chi connectivity index (χ3n) is 6.75. The minimum Gasteiger partial charge on any atom is -0.426 e. The quantitative estimate of drug-likeness (QED) is 0.210. The van der Waals surface area contributed by atoms with E-state index in [1.165, 1.54) is 30.4 Å². The van der Waals surface area contributed by atoms with Crippen LogP contribution in [0.5, 0.6) is 5.75 Å². The lowest BCUT2D eigenvalue weighted by Crippen LogP contribution is -2.25. The number of hydrogen-bond donors (Lipinski definition) is 1. The Morgan fingerprint density at radius 3 is 1.97 bits per heavy atom. The fourth-order valence-corrected chi connectivity index (χ4v) is 4.44. The van der Waals surface area contributed by atoms with Crippen LogP contribution in [0.4, 0.5) is 0 Å². The summed E-state index contributed by atoms with van der Waals surface area (Å²) in [5.41, 5.74) is 6.59. The number of hydrogen-bond acceptors (Lipinski definition) is 3. The first-order chi connectivity index (χ1) is 16.9. The van der Waals surface area contributed by atoms with Gasteiger partial charge >= 0.3 is 5.97 Å². The summed E-state index contributed by atoms with van der Waals surface area (Å²) < 4.78 is 5.60. The molecule has 4 rings (SSSR count). The van der Waals surface area contributed by atoms with Crippen LogP contribution in [0.25, 0.3) is 11.1 Å². The van der Waals surface area contributed by atoms with E-state index in [0.29, 0.717) is 18.1 Å². The van der Waals surface area contributed by atoms with Crippen molar-refractivity contribution < 1.29 is 14.6 Å². The Bertz CT molecular complexity index is 1150. The molecule has 0 unspecified atom stereocenters. The number of benzene rings is 3. The minimum absolute atomic E-state index is 0.145. The minimum atomic E-state index is -0.559.